The number of hydrogen-bond acceptors (Lipinski definition) is 3. The molecule has 28 heavy (non-hydrogen) atoms. The van der Waals surface area contributed by atoms with Gasteiger partial charge in [-0.1, -0.05) is 11.6 Å². The van der Waals surface area contributed by atoms with Crippen molar-refractivity contribution >= 4 is 34.6 Å². The first-order chi connectivity index (χ1) is 13.2. The smallest absolute Gasteiger partial charge is 0.416 e. The van der Waals surface area contributed by atoms with Crippen molar-refractivity contribution in [1.29, 1.82) is 0 Å². The van der Waals surface area contributed by atoms with Crippen molar-refractivity contribution in [2.75, 3.05) is 18.5 Å². The SMILES string of the molecule is Cc1ccc(CN(CC2CCCO2)C(=S)Nc2cc(C(F)(F)F)ccc2Cl)o1. The minimum Gasteiger partial charge on any atom is -0.464 e. The van der Waals surface area contributed by atoms with E-state index in [0.29, 0.717) is 25.5 Å². The maximum atomic E-state index is 13.0. The van der Waals surface area contributed by atoms with Crippen LogP contribution in [0.1, 0.15) is 29.9 Å². The van der Waals surface area contributed by atoms with E-state index in [1.54, 1.807) is 0 Å². The maximum absolute atomic E-state index is 13.0. The van der Waals surface area contributed by atoms with Crippen LogP contribution in [0.3, 0.4) is 0 Å². The molecule has 152 valence electrons. The number of rotatable bonds is 5. The lowest BCUT2D eigenvalue weighted by Crippen LogP contribution is -2.39. The van der Waals surface area contributed by atoms with E-state index >= 15 is 0 Å². The number of nitrogens with one attached hydrogen (secondary N) is 1. The minimum absolute atomic E-state index is 0.00721. The number of alkyl halides is 3. The van der Waals surface area contributed by atoms with Crippen LogP contribution in [0.25, 0.3) is 0 Å². The zero-order chi connectivity index (χ0) is 20.3. The van der Waals surface area contributed by atoms with Crippen LogP contribution in [-0.4, -0.2) is 29.3 Å². The van der Waals surface area contributed by atoms with Gasteiger partial charge in [-0.25, -0.2) is 0 Å². The number of anilines is 1. The third-order valence-corrected chi connectivity index (χ3v) is 5.10. The molecule has 2 heterocycles. The third-order valence-electron chi connectivity index (χ3n) is 4.41. The number of halogens is 4. The molecule has 3 rings (SSSR count). The van der Waals surface area contributed by atoms with E-state index in [2.05, 4.69) is 5.32 Å². The summed E-state index contributed by atoms with van der Waals surface area (Å²) >= 11 is 11.5. The molecule has 0 spiro atoms. The first-order valence-corrected chi connectivity index (χ1v) is 9.60. The summed E-state index contributed by atoms with van der Waals surface area (Å²) in [5.74, 6) is 1.47. The van der Waals surface area contributed by atoms with Crippen LogP contribution in [0.2, 0.25) is 5.02 Å². The normalized spacial score (nSPS) is 17.0. The Labute approximate surface area is 171 Å². The average molecular weight is 433 g/mol. The molecule has 1 N–H and O–H groups in total. The van der Waals surface area contributed by atoms with Crippen molar-refractivity contribution in [1.82, 2.24) is 4.90 Å². The van der Waals surface area contributed by atoms with Gasteiger partial charge < -0.3 is 19.4 Å². The van der Waals surface area contributed by atoms with E-state index < -0.39 is 11.7 Å². The molecule has 2 aromatic rings. The fraction of sp³-hybridized carbons (Fsp3) is 0.421. The van der Waals surface area contributed by atoms with Gasteiger partial charge in [0.15, 0.2) is 5.11 Å². The first-order valence-electron chi connectivity index (χ1n) is 8.82. The van der Waals surface area contributed by atoms with Gasteiger partial charge in [0.1, 0.15) is 11.5 Å². The molecule has 1 aromatic carbocycles. The second-order valence-corrected chi connectivity index (χ2v) is 7.44. The first kappa shape index (κ1) is 21.0. The van der Waals surface area contributed by atoms with Gasteiger partial charge in [-0.05, 0) is 62.3 Å². The highest BCUT2D eigenvalue weighted by Crippen LogP contribution is 2.34. The van der Waals surface area contributed by atoms with Crippen LogP contribution >= 0.6 is 23.8 Å². The van der Waals surface area contributed by atoms with Crippen molar-refractivity contribution in [3.63, 3.8) is 0 Å². The highest BCUT2D eigenvalue weighted by atomic mass is 35.5. The van der Waals surface area contributed by atoms with Gasteiger partial charge in [-0.2, -0.15) is 13.2 Å². The Morgan fingerprint density at radius 3 is 2.71 bits per heavy atom. The Balaban J connectivity index is 1.78. The summed E-state index contributed by atoms with van der Waals surface area (Å²) in [7, 11) is 0. The number of nitrogens with zero attached hydrogens (tertiary/aromatic N) is 1. The van der Waals surface area contributed by atoms with Crippen LogP contribution in [0.15, 0.2) is 34.7 Å². The Bertz CT molecular complexity index is 835. The minimum atomic E-state index is -4.47. The molecule has 0 amide bonds. The average Bonchev–Trinajstić information content (AvgIpc) is 3.27. The molecule has 1 aliphatic rings. The molecule has 1 aliphatic heterocycles. The van der Waals surface area contributed by atoms with Crippen LogP contribution in [0, 0.1) is 6.92 Å². The van der Waals surface area contributed by atoms with Crippen molar-refractivity contribution in [2.24, 2.45) is 0 Å². The summed E-state index contributed by atoms with van der Waals surface area (Å²) in [6.07, 6.45) is -2.59. The van der Waals surface area contributed by atoms with Crippen molar-refractivity contribution in [3.8, 4) is 0 Å². The summed E-state index contributed by atoms with van der Waals surface area (Å²) in [6, 6.07) is 6.79. The van der Waals surface area contributed by atoms with Crippen molar-refractivity contribution in [2.45, 2.75) is 38.6 Å². The molecule has 9 heteroatoms. The fourth-order valence-electron chi connectivity index (χ4n) is 3.00. The van der Waals surface area contributed by atoms with E-state index in [4.69, 9.17) is 33.0 Å². The van der Waals surface area contributed by atoms with Crippen molar-refractivity contribution in [3.05, 3.63) is 52.4 Å². The second kappa shape index (κ2) is 8.71. The molecule has 4 nitrogen and oxygen atoms in total. The predicted molar refractivity (Wildman–Crippen MR) is 106 cm³/mol. The van der Waals surface area contributed by atoms with Crippen LogP contribution in [0.4, 0.5) is 18.9 Å². The van der Waals surface area contributed by atoms with Gasteiger partial charge in [-0.3, -0.25) is 0 Å². The lowest BCUT2D eigenvalue weighted by atomic mass is 10.2. The summed E-state index contributed by atoms with van der Waals surface area (Å²) < 4.78 is 50.3. The molecule has 1 saturated heterocycles. The summed E-state index contributed by atoms with van der Waals surface area (Å²) in [5, 5.41) is 3.26. The summed E-state index contributed by atoms with van der Waals surface area (Å²) in [6.45, 7) is 3.41. The predicted octanol–water partition coefficient (Wildman–Crippen LogP) is 5.64. The Morgan fingerprint density at radius 1 is 1.32 bits per heavy atom. The maximum Gasteiger partial charge on any atom is 0.416 e. The van der Waals surface area contributed by atoms with E-state index in [0.717, 1.165) is 30.7 Å². The van der Waals surface area contributed by atoms with E-state index in [1.807, 2.05) is 24.0 Å². The van der Waals surface area contributed by atoms with Gasteiger partial charge in [0.2, 0.25) is 0 Å². The molecule has 0 bridgehead atoms. The molecule has 0 aliphatic carbocycles. The number of ether oxygens (including phenoxy) is 1. The standard InChI is InChI=1S/C19H20ClF3N2O2S/c1-12-4-6-15(27-12)11-25(10-14-3-2-8-26-14)18(28)24-17-9-13(19(21,22)23)5-7-16(17)20/h4-7,9,14H,2-3,8,10-11H2,1H3,(H,24,28). The molecule has 1 aromatic heterocycles. The van der Waals surface area contributed by atoms with Gasteiger partial charge in [0, 0.05) is 13.2 Å². The molecule has 1 atom stereocenters. The van der Waals surface area contributed by atoms with Crippen LogP contribution < -0.4 is 5.32 Å². The molecule has 0 radical (unpaired) electrons. The quantitative estimate of drug-likeness (QED) is 0.619. The third kappa shape index (κ3) is 5.40. The zero-order valence-electron chi connectivity index (χ0n) is 15.2. The Kier molecular flexibility index (Phi) is 6.52. The summed E-state index contributed by atoms with van der Waals surface area (Å²) in [4.78, 5) is 1.82. The monoisotopic (exact) mass is 432 g/mol. The molecular formula is C19H20ClF3N2O2S. The summed E-state index contributed by atoms with van der Waals surface area (Å²) in [5.41, 5.74) is -0.691. The van der Waals surface area contributed by atoms with E-state index in [-0.39, 0.29) is 21.9 Å². The van der Waals surface area contributed by atoms with Gasteiger partial charge in [0.05, 0.1) is 28.9 Å². The number of hydrogen-bond donors (Lipinski definition) is 1. The zero-order valence-corrected chi connectivity index (χ0v) is 16.8. The van der Waals surface area contributed by atoms with Gasteiger partial charge in [-0.15, -0.1) is 0 Å². The van der Waals surface area contributed by atoms with Crippen LogP contribution in [-0.2, 0) is 17.5 Å². The Hall–Kier alpha value is -1.77. The van der Waals surface area contributed by atoms with Gasteiger partial charge >= 0.3 is 6.18 Å². The largest absolute Gasteiger partial charge is 0.464 e. The number of benzene rings is 1. The molecular weight excluding hydrogens is 413 g/mol. The number of aryl methyl sites for hydroxylation is 1. The van der Waals surface area contributed by atoms with Gasteiger partial charge in [0.25, 0.3) is 0 Å². The number of thiocarbonyl (C=S) groups is 1. The number of furan rings is 1. The second-order valence-electron chi connectivity index (χ2n) is 6.65. The highest BCUT2D eigenvalue weighted by Gasteiger charge is 2.31. The lowest BCUT2D eigenvalue weighted by Gasteiger charge is -2.28. The molecule has 1 fully saturated rings. The fourth-order valence-corrected chi connectivity index (χ4v) is 3.42. The highest BCUT2D eigenvalue weighted by molar-refractivity contribution is 7.80. The molecule has 1 unspecified atom stereocenters. The van der Waals surface area contributed by atoms with Crippen molar-refractivity contribution < 1.29 is 22.3 Å². The lowest BCUT2D eigenvalue weighted by molar-refractivity contribution is -0.137. The topological polar surface area (TPSA) is 37.6 Å². The van der Waals surface area contributed by atoms with E-state index in [1.165, 1.54) is 6.07 Å². The van der Waals surface area contributed by atoms with E-state index in [9.17, 15) is 13.2 Å². The van der Waals surface area contributed by atoms with Crippen LogP contribution in [0.5, 0.6) is 0 Å². The molecule has 0 saturated carbocycles. The Morgan fingerprint density at radius 2 is 2.11 bits per heavy atom.